The van der Waals surface area contributed by atoms with Crippen molar-refractivity contribution >= 4 is 17.8 Å². The van der Waals surface area contributed by atoms with E-state index in [9.17, 15) is 9.59 Å². The summed E-state index contributed by atoms with van der Waals surface area (Å²) in [5, 5.41) is 3.19. The predicted octanol–water partition coefficient (Wildman–Crippen LogP) is 3.25. The Morgan fingerprint density at radius 1 is 0.971 bits per heavy atom. The van der Waals surface area contributed by atoms with Gasteiger partial charge >= 0.3 is 0 Å². The van der Waals surface area contributed by atoms with E-state index in [2.05, 4.69) is 32.3 Å². The van der Waals surface area contributed by atoms with Crippen molar-refractivity contribution in [1.29, 1.82) is 0 Å². The minimum absolute atomic E-state index is 0.0194. The molecule has 3 heterocycles. The lowest BCUT2D eigenvalue weighted by Crippen LogP contribution is -2.43. The first kappa shape index (κ1) is 22.1. The van der Waals surface area contributed by atoms with E-state index in [1.807, 2.05) is 47.4 Å². The van der Waals surface area contributed by atoms with Crippen LogP contribution < -0.4 is 10.2 Å². The molecule has 0 aliphatic carbocycles. The second-order valence-electron chi connectivity index (χ2n) is 9.01. The first-order valence-corrected chi connectivity index (χ1v) is 11.9. The van der Waals surface area contributed by atoms with Crippen LogP contribution >= 0.6 is 0 Å². The number of piperidine rings is 1. The van der Waals surface area contributed by atoms with E-state index in [4.69, 9.17) is 0 Å². The van der Waals surface area contributed by atoms with Gasteiger partial charge < -0.3 is 15.1 Å². The Bertz CT molecular complexity index is 1130. The second kappa shape index (κ2) is 10.0. The van der Waals surface area contributed by atoms with Crippen LogP contribution in [-0.4, -0.2) is 52.9 Å². The van der Waals surface area contributed by atoms with E-state index in [1.54, 1.807) is 18.5 Å². The zero-order valence-corrected chi connectivity index (χ0v) is 19.1. The van der Waals surface area contributed by atoms with Crippen LogP contribution in [0.25, 0.3) is 0 Å². The van der Waals surface area contributed by atoms with Gasteiger partial charge in [0, 0.05) is 62.5 Å². The number of carbonyl (C=O) groups excluding carboxylic acids is 2. The fraction of sp³-hybridized carbons (Fsp3) is 0.333. The summed E-state index contributed by atoms with van der Waals surface area (Å²) in [6.07, 6.45) is 5.04. The normalized spacial score (nSPS) is 16.9. The number of benzene rings is 2. The number of aromatic nitrogens is 2. The van der Waals surface area contributed by atoms with Gasteiger partial charge in [0.05, 0.1) is 0 Å². The number of hydrogen-bond acceptors (Lipinski definition) is 5. The van der Waals surface area contributed by atoms with Crippen molar-refractivity contribution in [2.45, 2.75) is 25.3 Å². The maximum Gasteiger partial charge on any atom is 0.254 e. The molecule has 5 rings (SSSR count). The lowest BCUT2D eigenvalue weighted by molar-refractivity contribution is -0.125. The van der Waals surface area contributed by atoms with Gasteiger partial charge in [-0.2, -0.15) is 0 Å². The highest BCUT2D eigenvalue weighted by Gasteiger charge is 2.30. The van der Waals surface area contributed by atoms with Gasteiger partial charge in [-0.3, -0.25) is 9.59 Å². The molecular weight excluding hydrogens is 426 g/mol. The van der Waals surface area contributed by atoms with E-state index in [0.717, 1.165) is 48.6 Å². The van der Waals surface area contributed by atoms with E-state index in [0.29, 0.717) is 19.6 Å². The van der Waals surface area contributed by atoms with Crippen LogP contribution in [0.1, 0.15) is 40.2 Å². The summed E-state index contributed by atoms with van der Waals surface area (Å²) in [5.41, 5.74) is 2.98. The Morgan fingerprint density at radius 3 is 2.41 bits per heavy atom. The fourth-order valence-corrected chi connectivity index (χ4v) is 4.91. The lowest BCUT2D eigenvalue weighted by atomic mass is 9.94. The van der Waals surface area contributed by atoms with Crippen molar-refractivity contribution in [3.63, 3.8) is 0 Å². The van der Waals surface area contributed by atoms with Crippen LogP contribution in [0.4, 0.5) is 5.95 Å². The molecule has 3 aromatic rings. The molecule has 1 fully saturated rings. The molecule has 34 heavy (non-hydrogen) atoms. The average Bonchev–Trinajstić information content (AvgIpc) is 3.22. The molecule has 2 aromatic carbocycles. The summed E-state index contributed by atoms with van der Waals surface area (Å²) < 4.78 is 0. The Morgan fingerprint density at radius 2 is 1.68 bits per heavy atom. The number of carbonyl (C=O) groups is 2. The summed E-state index contributed by atoms with van der Waals surface area (Å²) in [6.45, 7) is 3.23. The second-order valence-corrected chi connectivity index (χ2v) is 9.01. The maximum atomic E-state index is 13.0. The van der Waals surface area contributed by atoms with Gasteiger partial charge in [-0.05, 0) is 36.1 Å². The van der Waals surface area contributed by atoms with Crippen molar-refractivity contribution in [1.82, 2.24) is 20.2 Å². The zero-order chi connectivity index (χ0) is 23.3. The summed E-state index contributed by atoms with van der Waals surface area (Å²) in [6, 6.07) is 19.7. The van der Waals surface area contributed by atoms with Gasteiger partial charge in [-0.15, -0.1) is 0 Å². The van der Waals surface area contributed by atoms with Crippen molar-refractivity contribution in [2.75, 3.05) is 31.1 Å². The molecule has 2 aliphatic rings. The van der Waals surface area contributed by atoms with E-state index in [-0.39, 0.29) is 23.7 Å². The van der Waals surface area contributed by atoms with Gasteiger partial charge in [0.15, 0.2) is 0 Å². The topological polar surface area (TPSA) is 78.4 Å². The van der Waals surface area contributed by atoms with Crippen LogP contribution in [0.15, 0.2) is 73.1 Å². The molecule has 0 bridgehead atoms. The van der Waals surface area contributed by atoms with Crippen molar-refractivity contribution in [2.24, 2.45) is 5.92 Å². The van der Waals surface area contributed by atoms with Gasteiger partial charge in [0.2, 0.25) is 11.9 Å². The highest BCUT2D eigenvalue weighted by atomic mass is 16.2. The van der Waals surface area contributed by atoms with Crippen LogP contribution in [0, 0.1) is 5.92 Å². The van der Waals surface area contributed by atoms with Crippen LogP contribution in [0.5, 0.6) is 0 Å². The molecule has 1 aromatic heterocycles. The van der Waals surface area contributed by atoms with Gasteiger partial charge in [0.25, 0.3) is 5.91 Å². The molecule has 2 aliphatic heterocycles. The number of nitrogens with one attached hydrogen (secondary N) is 1. The minimum atomic E-state index is -0.0194. The SMILES string of the molecule is O=C(NC[C@@H](CN1Cc2ccccc2C1=O)c1ccccc1)C1CCN(c2ncccn2)CC1. The fourth-order valence-electron chi connectivity index (χ4n) is 4.91. The first-order chi connectivity index (χ1) is 16.7. The molecule has 0 radical (unpaired) electrons. The lowest BCUT2D eigenvalue weighted by Gasteiger charge is -2.31. The largest absolute Gasteiger partial charge is 0.355 e. The molecule has 2 amide bonds. The van der Waals surface area contributed by atoms with Crippen LogP contribution in [-0.2, 0) is 11.3 Å². The summed E-state index contributed by atoms with van der Waals surface area (Å²) in [4.78, 5) is 38.6. The summed E-state index contributed by atoms with van der Waals surface area (Å²) >= 11 is 0. The number of anilines is 1. The molecular formula is C27H29N5O2. The number of nitrogens with zero attached hydrogens (tertiary/aromatic N) is 4. The Labute approximate surface area is 199 Å². The minimum Gasteiger partial charge on any atom is -0.355 e. The third-order valence-corrected chi connectivity index (χ3v) is 6.83. The van der Waals surface area contributed by atoms with Crippen molar-refractivity contribution in [3.05, 3.63) is 89.7 Å². The van der Waals surface area contributed by atoms with E-state index in [1.165, 1.54) is 0 Å². The summed E-state index contributed by atoms with van der Waals surface area (Å²) in [7, 11) is 0. The summed E-state index contributed by atoms with van der Waals surface area (Å²) in [5.74, 6) is 0.890. The molecule has 1 N–H and O–H groups in total. The molecule has 0 saturated carbocycles. The highest BCUT2D eigenvalue weighted by molar-refractivity contribution is 5.98. The Kier molecular flexibility index (Phi) is 6.51. The zero-order valence-electron chi connectivity index (χ0n) is 19.1. The highest BCUT2D eigenvalue weighted by Crippen LogP contribution is 2.26. The van der Waals surface area contributed by atoms with E-state index >= 15 is 0 Å². The number of rotatable bonds is 7. The number of hydrogen-bond donors (Lipinski definition) is 1. The smallest absolute Gasteiger partial charge is 0.254 e. The molecule has 0 unspecified atom stereocenters. The molecule has 7 heteroatoms. The van der Waals surface area contributed by atoms with Gasteiger partial charge in [-0.1, -0.05) is 48.5 Å². The Hall–Kier alpha value is -3.74. The predicted molar refractivity (Wildman–Crippen MR) is 130 cm³/mol. The van der Waals surface area contributed by atoms with Crippen LogP contribution in [0.3, 0.4) is 0 Å². The molecule has 174 valence electrons. The van der Waals surface area contributed by atoms with E-state index < -0.39 is 0 Å². The number of amides is 2. The first-order valence-electron chi connectivity index (χ1n) is 11.9. The molecule has 7 nitrogen and oxygen atoms in total. The molecule has 1 saturated heterocycles. The van der Waals surface area contributed by atoms with Gasteiger partial charge in [-0.25, -0.2) is 9.97 Å². The van der Waals surface area contributed by atoms with Crippen molar-refractivity contribution < 1.29 is 9.59 Å². The monoisotopic (exact) mass is 455 g/mol. The van der Waals surface area contributed by atoms with Crippen LogP contribution in [0.2, 0.25) is 0 Å². The maximum absolute atomic E-state index is 13.0. The molecule has 1 atom stereocenters. The Balaban J connectivity index is 1.20. The quantitative estimate of drug-likeness (QED) is 0.592. The number of fused-ring (bicyclic) bond motifs is 1. The third-order valence-electron chi connectivity index (χ3n) is 6.83. The van der Waals surface area contributed by atoms with Crippen molar-refractivity contribution in [3.8, 4) is 0 Å². The standard InChI is InChI=1S/C27H29N5O2/c33-25(21-11-15-31(16-12-21)27-28-13-6-14-29-27)30-17-23(20-7-2-1-3-8-20)19-32-18-22-9-4-5-10-24(22)26(32)34/h1-10,13-14,21,23H,11-12,15-19H2,(H,30,33)/t23-/m0/s1. The third kappa shape index (κ3) is 4.78. The average molecular weight is 456 g/mol. The molecule has 0 spiro atoms. The van der Waals surface area contributed by atoms with Gasteiger partial charge in [0.1, 0.15) is 0 Å².